The van der Waals surface area contributed by atoms with Gasteiger partial charge in [0, 0.05) is 21.1 Å². The molecule has 2 rings (SSSR count). The van der Waals surface area contributed by atoms with Crippen molar-refractivity contribution < 1.29 is 6.22 Å². The highest BCUT2D eigenvalue weighted by molar-refractivity contribution is 5.80. The zero-order valence-corrected chi connectivity index (χ0v) is 10.0. The van der Waals surface area contributed by atoms with E-state index < -0.39 is 0 Å². The lowest BCUT2D eigenvalue weighted by Gasteiger charge is -2.47. The maximum atomic E-state index is 12.0. The van der Waals surface area contributed by atoms with Crippen LogP contribution in [0.25, 0.3) is 0 Å². The van der Waals surface area contributed by atoms with Gasteiger partial charge in [-0.2, -0.15) is 0 Å². The van der Waals surface area contributed by atoms with Crippen LogP contribution in [-0.4, -0.2) is 37.0 Å². The average molecular weight is 212 g/mol. The molecule has 88 valence electrons. The lowest BCUT2D eigenvalue weighted by Crippen LogP contribution is -2.56. The molecule has 2 aliphatic rings. The van der Waals surface area contributed by atoms with Gasteiger partial charge in [0.2, 0.25) is 5.91 Å². The van der Waals surface area contributed by atoms with Gasteiger partial charge in [-0.05, 0) is 24.3 Å². The SMILES string of the molecule is CC(C)(C)C1CN(C(=O)[C@@H]2CCNC2)C1.[HH]. The maximum absolute atomic E-state index is 12.0. The Balaban J connectivity index is 0.00000128. The van der Waals surface area contributed by atoms with Gasteiger partial charge < -0.3 is 10.2 Å². The number of carbonyl (C=O) groups is 1. The predicted molar refractivity (Wildman–Crippen MR) is 62.6 cm³/mol. The molecule has 2 heterocycles. The number of likely N-dealkylation sites (tertiary alicyclic amines) is 1. The number of amides is 1. The van der Waals surface area contributed by atoms with Crippen molar-refractivity contribution >= 4 is 5.91 Å². The predicted octanol–water partition coefficient (Wildman–Crippen LogP) is 1.35. The maximum Gasteiger partial charge on any atom is 0.227 e. The molecule has 0 saturated carbocycles. The average Bonchev–Trinajstić information content (AvgIpc) is 2.48. The molecule has 3 heteroatoms. The van der Waals surface area contributed by atoms with E-state index in [2.05, 4.69) is 26.1 Å². The van der Waals surface area contributed by atoms with E-state index in [1.165, 1.54) is 0 Å². The van der Waals surface area contributed by atoms with Crippen molar-refractivity contribution in [3.05, 3.63) is 0 Å². The van der Waals surface area contributed by atoms with Crippen LogP contribution in [0.1, 0.15) is 28.6 Å². The first kappa shape index (κ1) is 10.9. The Morgan fingerprint density at radius 1 is 1.40 bits per heavy atom. The number of nitrogens with one attached hydrogen (secondary N) is 1. The Morgan fingerprint density at radius 2 is 2.07 bits per heavy atom. The van der Waals surface area contributed by atoms with E-state index >= 15 is 0 Å². The largest absolute Gasteiger partial charge is 0.342 e. The summed E-state index contributed by atoms with van der Waals surface area (Å²) in [6.07, 6.45) is 1.02. The molecule has 0 unspecified atom stereocenters. The number of hydrogen-bond acceptors (Lipinski definition) is 2. The topological polar surface area (TPSA) is 32.3 Å². The van der Waals surface area contributed by atoms with Gasteiger partial charge in [0.1, 0.15) is 0 Å². The van der Waals surface area contributed by atoms with E-state index in [1.54, 1.807) is 0 Å². The molecule has 15 heavy (non-hydrogen) atoms. The van der Waals surface area contributed by atoms with Crippen LogP contribution in [0.4, 0.5) is 0 Å². The monoisotopic (exact) mass is 212 g/mol. The van der Waals surface area contributed by atoms with Crippen LogP contribution >= 0.6 is 0 Å². The van der Waals surface area contributed by atoms with E-state index in [9.17, 15) is 4.79 Å². The van der Waals surface area contributed by atoms with Gasteiger partial charge in [0.15, 0.2) is 0 Å². The Kier molecular flexibility index (Phi) is 2.75. The van der Waals surface area contributed by atoms with Crippen molar-refractivity contribution in [2.24, 2.45) is 17.3 Å². The third-order valence-electron chi connectivity index (χ3n) is 3.83. The number of nitrogens with zero attached hydrogens (tertiary/aromatic N) is 1. The van der Waals surface area contributed by atoms with Crippen LogP contribution in [-0.2, 0) is 4.79 Å². The number of carbonyl (C=O) groups excluding carboxylic acids is 1. The van der Waals surface area contributed by atoms with Crippen molar-refractivity contribution in [1.82, 2.24) is 10.2 Å². The van der Waals surface area contributed by atoms with Crippen molar-refractivity contribution in [3.8, 4) is 0 Å². The fourth-order valence-corrected chi connectivity index (χ4v) is 2.33. The molecule has 2 fully saturated rings. The highest BCUT2D eigenvalue weighted by atomic mass is 16.2. The summed E-state index contributed by atoms with van der Waals surface area (Å²) >= 11 is 0. The Bertz CT molecular complexity index is 250. The van der Waals surface area contributed by atoms with Crippen LogP contribution in [0.5, 0.6) is 0 Å². The zero-order chi connectivity index (χ0) is 11.1. The molecule has 2 aliphatic heterocycles. The van der Waals surface area contributed by atoms with Gasteiger partial charge in [0.05, 0.1) is 5.92 Å². The first-order valence-corrected chi connectivity index (χ1v) is 5.98. The normalized spacial score (nSPS) is 27.9. The fraction of sp³-hybridized carbons (Fsp3) is 0.917. The van der Waals surface area contributed by atoms with Crippen LogP contribution in [0, 0.1) is 17.3 Å². The van der Waals surface area contributed by atoms with Gasteiger partial charge in [-0.1, -0.05) is 20.8 Å². The molecule has 3 nitrogen and oxygen atoms in total. The Labute approximate surface area is 93.7 Å². The summed E-state index contributed by atoms with van der Waals surface area (Å²) < 4.78 is 0. The molecule has 0 spiro atoms. The minimum atomic E-state index is 0. The van der Waals surface area contributed by atoms with Crippen molar-refractivity contribution in [3.63, 3.8) is 0 Å². The second kappa shape index (κ2) is 3.78. The summed E-state index contributed by atoms with van der Waals surface area (Å²) in [5.74, 6) is 1.32. The van der Waals surface area contributed by atoms with Crippen LogP contribution in [0.3, 0.4) is 0 Å². The Hall–Kier alpha value is -0.570. The second-order valence-electron chi connectivity index (χ2n) is 6.00. The van der Waals surface area contributed by atoms with Gasteiger partial charge in [0.25, 0.3) is 0 Å². The van der Waals surface area contributed by atoms with Crippen molar-refractivity contribution in [1.29, 1.82) is 0 Å². The smallest absolute Gasteiger partial charge is 0.227 e. The molecular formula is C12H24N2O. The molecule has 2 saturated heterocycles. The van der Waals surface area contributed by atoms with E-state index in [0.717, 1.165) is 32.6 Å². The summed E-state index contributed by atoms with van der Waals surface area (Å²) in [7, 11) is 0. The third kappa shape index (κ3) is 2.17. The van der Waals surface area contributed by atoms with E-state index in [0.29, 0.717) is 17.2 Å². The molecule has 1 amide bonds. The molecule has 0 aliphatic carbocycles. The molecule has 1 N–H and O–H groups in total. The molecule has 1 atom stereocenters. The molecular weight excluding hydrogens is 188 g/mol. The molecule has 0 aromatic heterocycles. The molecule has 0 radical (unpaired) electrons. The first-order valence-electron chi connectivity index (χ1n) is 5.98. The standard InChI is InChI=1S/C12H22N2O.H2/c1-12(2,3)10-7-14(8-10)11(15)9-4-5-13-6-9;/h9-10,13H,4-8H2,1-3H3;1H/t9-;/m1./s1. The summed E-state index contributed by atoms with van der Waals surface area (Å²) in [5.41, 5.74) is 0.352. The van der Waals surface area contributed by atoms with Crippen LogP contribution in [0.15, 0.2) is 0 Å². The molecule has 0 aromatic carbocycles. The van der Waals surface area contributed by atoms with Crippen LogP contribution in [0.2, 0.25) is 0 Å². The second-order valence-corrected chi connectivity index (χ2v) is 6.00. The van der Waals surface area contributed by atoms with E-state index in [1.807, 2.05) is 4.90 Å². The number of hydrogen-bond donors (Lipinski definition) is 1. The molecule has 0 bridgehead atoms. The summed E-state index contributed by atoms with van der Waals surface area (Å²) in [5, 5.41) is 3.25. The lowest BCUT2D eigenvalue weighted by molar-refractivity contribution is -0.144. The quantitative estimate of drug-likeness (QED) is 0.711. The van der Waals surface area contributed by atoms with Gasteiger partial charge in [-0.25, -0.2) is 0 Å². The summed E-state index contributed by atoms with van der Waals surface area (Å²) in [4.78, 5) is 14.0. The zero-order valence-electron chi connectivity index (χ0n) is 10.0. The van der Waals surface area contributed by atoms with Crippen molar-refractivity contribution in [2.75, 3.05) is 26.2 Å². The molecule has 0 aromatic rings. The number of rotatable bonds is 1. The Morgan fingerprint density at radius 3 is 2.53 bits per heavy atom. The minimum Gasteiger partial charge on any atom is -0.342 e. The van der Waals surface area contributed by atoms with Gasteiger partial charge >= 0.3 is 0 Å². The lowest BCUT2D eigenvalue weighted by atomic mass is 9.75. The summed E-state index contributed by atoms with van der Waals surface area (Å²) in [6, 6.07) is 0. The summed E-state index contributed by atoms with van der Waals surface area (Å²) in [6.45, 7) is 10.6. The highest BCUT2D eigenvalue weighted by Gasteiger charge is 2.40. The van der Waals surface area contributed by atoms with Crippen molar-refractivity contribution in [2.45, 2.75) is 27.2 Å². The van der Waals surface area contributed by atoms with Gasteiger partial charge in [-0.3, -0.25) is 4.79 Å². The van der Waals surface area contributed by atoms with E-state index in [4.69, 9.17) is 0 Å². The minimum absolute atomic E-state index is 0. The van der Waals surface area contributed by atoms with E-state index in [-0.39, 0.29) is 7.34 Å². The van der Waals surface area contributed by atoms with Gasteiger partial charge in [-0.15, -0.1) is 0 Å². The van der Waals surface area contributed by atoms with Crippen LogP contribution < -0.4 is 5.32 Å². The fourth-order valence-electron chi connectivity index (χ4n) is 2.33. The third-order valence-corrected chi connectivity index (χ3v) is 3.83. The highest BCUT2D eigenvalue weighted by Crippen LogP contribution is 2.34. The first-order chi connectivity index (χ1) is 6.98.